The van der Waals surface area contributed by atoms with E-state index in [-0.39, 0.29) is 5.82 Å². The van der Waals surface area contributed by atoms with E-state index < -0.39 is 24.5 Å². The Morgan fingerprint density at radius 1 is 1.30 bits per heavy atom. The number of nitrogens with zero attached hydrogens (tertiary/aromatic N) is 5. The van der Waals surface area contributed by atoms with Gasteiger partial charge in [0.2, 0.25) is 0 Å². The SMILES string of the molecule is CN(CCN)C[C@H]1O[C@@H](n2cnc3c(N)ncnc32)C(O)C1O. The van der Waals surface area contributed by atoms with Gasteiger partial charge in [0.15, 0.2) is 17.7 Å². The summed E-state index contributed by atoms with van der Waals surface area (Å²) in [5, 5.41) is 20.6. The van der Waals surface area contributed by atoms with Gasteiger partial charge in [0.25, 0.3) is 0 Å². The van der Waals surface area contributed by atoms with Gasteiger partial charge in [-0.25, -0.2) is 15.0 Å². The number of nitrogens with two attached hydrogens (primary N) is 2. The second-order valence-corrected chi connectivity index (χ2v) is 5.68. The molecule has 1 aliphatic heterocycles. The number of hydrogen-bond donors (Lipinski definition) is 4. The van der Waals surface area contributed by atoms with Gasteiger partial charge in [-0.1, -0.05) is 0 Å². The zero-order valence-electron chi connectivity index (χ0n) is 12.8. The predicted molar refractivity (Wildman–Crippen MR) is 82.2 cm³/mol. The van der Waals surface area contributed by atoms with Crippen molar-refractivity contribution in [3.63, 3.8) is 0 Å². The maximum Gasteiger partial charge on any atom is 0.167 e. The highest BCUT2D eigenvalue weighted by Gasteiger charge is 2.44. The Morgan fingerprint density at radius 3 is 2.83 bits per heavy atom. The summed E-state index contributed by atoms with van der Waals surface area (Å²) in [7, 11) is 1.88. The third-order valence-electron chi connectivity index (χ3n) is 4.00. The zero-order chi connectivity index (χ0) is 16.6. The summed E-state index contributed by atoms with van der Waals surface area (Å²) < 4.78 is 7.39. The number of anilines is 1. The molecular formula is C13H21N7O3. The fourth-order valence-corrected chi connectivity index (χ4v) is 2.78. The van der Waals surface area contributed by atoms with Crippen molar-refractivity contribution >= 4 is 17.0 Å². The number of fused-ring (bicyclic) bond motifs is 1. The minimum atomic E-state index is -1.10. The first-order chi connectivity index (χ1) is 11.0. The molecule has 3 rings (SSSR count). The lowest BCUT2D eigenvalue weighted by molar-refractivity contribution is -0.0419. The molecule has 1 saturated heterocycles. The van der Waals surface area contributed by atoms with Crippen LogP contribution in [0.4, 0.5) is 5.82 Å². The monoisotopic (exact) mass is 323 g/mol. The van der Waals surface area contributed by atoms with E-state index in [2.05, 4.69) is 15.0 Å². The largest absolute Gasteiger partial charge is 0.387 e. The number of imidazole rings is 1. The Labute approximate surface area is 132 Å². The Balaban J connectivity index is 1.84. The van der Waals surface area contributed by atoms with Crippen molar-refractivity contribution in [3.8, 4) is 0 Å². The number of rotatable bonds is 5. The maximum atomic E-state index is 10.3. The number of aliphatic hydroxyl groups is 2. The predicted octanol–water partition coefficient (Wildman–Crippen LogP) is -2.08. The van der Waals surface area contributed by atoms with Crippen molar-refractivity contribution in [3.05, 3.63) is 12.7 Å². The molecule has 2 aromatic heterocycles. The van der Waals surface area contributed by atoms with Crippen LogP contribution in [0.1, 0.15) is 6.23 Å². The average molecular weight is 323 g/mol. The normalized spacial score (nSPS) is 28.0. The number of likely N-dealkylation sites (N-methyl/N-ethyl adjacent to an activating group) is 1. The molecular weight excluding hydrogens is 302 g/mol. The fourth-order valence-electron chi connectivity index (χ4n) is 2.78. The summed E-state index contributed by atoms with van der Waals surface area (Å²) in [5.74, 6) is 0.251. The molecule has 0 amide bonds. The second kappa shape index (κ2) is 6.34. The number of aliphatic hydroxyl groups excluding tert-OH is 2. The smallest absolute Gasteiger partial charge is 0.167 e. The van der Waals surface area contributed by atoms with E-state index in [0.29, 0.717) is 30.8 Å². The number of aromatic nitrogens is 4. The van der Waals surface area contributed by atoms with Gasteiger partial charge in [0.05, 0.1) is 6.33 Å². The number of ether oxygens (including phenoxy) is 1. The quantitative estimate of drug-likeness (QED) is 0.486. The van der Waals surface area contributed by atoms with E-state index >= 15 is 0 Å². The molecule has 126 valence electrons. The Morgan fingerprint density at radius 2 is 2.09 bits per heavy atom. The molecule has 0 bridgehead atoms. The lowest BCUT2D eigenvalue weighted by Gasteiger charge is -2.22. The Hall–Kier alpha value is -1.85. The van der Waals surface area contributed by atoms with Crippen LogP contribution in [0.3, 0.4) is 0 Å². The Kier molecular flexibility index (Phi) is 4.41. The van der Waals surface area contributed by atoms with Crippen molar-refractivity contribution in [1.82, 2.24) is 24.4 Å². The molecule has 0 radical (unpaired) electrons. The summed E-state index contributed by atoms with van der Waals surface area (Å²) in [6.45, 7) is 1.63. The average Bonchev–Trinajstić information content (AvgIpc) is 3.05. The zero-order valence-corrected chi connectivity index (χ0v) is 12.8. The van der Waals surface area contributed by atoms with Crippen LogP contribution in [0, 0.1) is 0 Å². The summed E-state index contributed by atoms with van der Waals surface area (Å²) >= 11 is 0. The molecule has 3 heterocycles. The third kappa shape index (κ3) is 2.86. The van der Waals surface area contributed by atoms with Crippen molar-refractivity contribution < 1.29 is 14.9 Å². The highest BCUT2D eigenvalue weighted by molar-refractivity contribution is 5.81. The van der Waals surface area contributed by atoms with Crippen LogP contribution in [-0.2, 0) is 4.74 Å². The molecule has 2 aromatic rings. The standard InChI is InChI=1S/C13H21N7O3/c1-19(3-2-14)4-7-9(21)10(22)13(23-7)20-6-18-8-11(15)16-5-17-12(8)20/h5-7,9-10,13,21-22H,2-4,14H2,1H3,(H2,15,16,17)/t7-,9?,10?,13-/m1/s1. The van der Waals surface area contributed by atoms with Gasteiger partial charge < -0.3 is 31.3 Å². The first-order valence-electron chi connectivity index (χ1n) is 7.36. The van der Waals surface area contributed by atoms with E-state index in [1.807, 2.05) is 11.9 Å². The van der Waals surface area contributed by atoms with Gasteiger partial charge in [0.1, 0.15) is 30.2 Å². The van der Waals surface area contributed by atoms with Gasteiger partial charge in [-0.2, -0.15) is 0 Å². The summed E-state index contributed by atoms with van der Waals surface area (Å²) in [4.78, 5) is 14.1. The van der Waals surface area contributed by atoms with Gasteiger partial charge in [0, 0.05) is 19.6 Å². The van der Waals surface area contributed by atoms with Crippen molar-refractivity contribution in [1.29, 1.82) is 0 Å². The molecule has 1 fully saturated rings. The van der Waals surface area contributed by atoms with Crippen LogP contribution in [-0.4, -0.2) is 79.6 Å². The highest BCUT2D eigenvalue weighted by atomic mass is 16.6. The molecule has 1 aliphatic rings. The molecule has 6 N–H and O–H groups in total. The lowest BCUT2D eigenvalue weighted by Crippen LogP contribution is -2.40. The number of nitrogen functional groups attached to an aromatic ring is 1. The minimum absolute atomic E-state index is 0.251. The van der Waals surface area contributed by atoms with Crippen LogP contribution < -0.4 is 11.5 Å². The van der Waals surface area contributed by atoms with Gasteiger partial charge >= 0.3 is 0 Å². The van der Waals surface area contributed by atoms with Gasteiger partial charge in [-0.3, -0.25) is 4.57 Å². The highest BCUT2D eigenvalue weighted by Crippen LogP contribution is 2.32. The molecule has 0 saturated carbocycles. The van der Waals surface area contributed by atoms with E-state index in [9.17, 15) is 10.2 Å². The first-order valence-corrected chi connectivity index (χ1v) is 7.36. The third-order valence-corrected chi connectivity index (χ3v) is 4.00. The van der Waals surface area contributed by atoms with Crippen molar-refractivity contribution in [2.45, 2.75) is 24.5 Å². The minimum Gasteiger partial charge on any atom is -0.387 e. The first kappa shape index (κ1) is 16.0. The summed E-state index contributed by atoms with van der Waals surface area (Å²) in [6.07, 6.45) is -0.650. The van der Waals surface area contributed by atoms with E-state index in [0.717, 1.165) is 0 Å². The van der Waals surface area contributed by atoms with E-state index in [4.69, 9.17) is 16.2 Å². The summed E-state index contributed by atoms with van der Waals surface area (Å²) in [5.41, 5.74) is 12.2. The summed E-state index contributed by atoms with van der Waals surface area (Å²) in [6, 6.07) is 0. The van der Waals surface area contributed by atoms with Gasteiger partial charge in [-0.15, -0.1) is 0 Å². The van der Waals surface area contributed by atoms with Crippen molar-refractivity contribution in [2.75, 3.05) is 32.4 Å². The number of hydrogen-bond acceptors (Lipinski definition) is 9. The van der Waals surface area contributed by atoms with Crippen molar-refractivity contribution in [2.24, 2.45) is 5.73 Å². The van der Waals surface area contributed by atoms with Crippen LogP contribution in [0.15, 0.2) is 12.7 Å². The molecule has 10 heteroatoms. The molecule has 0 aromatic carbocycles. The fraction of sp³-hybridized carbons (Fsp3) is 0.615. The molecule has 10 nitrogen and oxygen atoms in total. The molecule has 4 atom stereocenters. The molecule has 0 spiro atoms. The van der Waals surface area contributed by atoms with Crippen LogP contribution in [0.5, 0.6) is 0 Å². The van der Waals surface area contributed by atoms with Crippen LogP contribution in [0.25, 0.3) is 11.2 Å². The van der Waals surface area contributed by atoms with Gasteiger partial charge in [-0.05, 0) is 7.05 Å². The lowest BCUT2D eigenvalue weighted by atomic mass is 10.1. The maximum absolute atomic E-state index is 10.3. The van der Waals surface area contributed by atoms with E-state index in [1.54, 1.807) is 4.57 Å². The topological polar surface area (TPSA) is 149 Å². The van der Waals surface area contributed by atoms with Crippen LogP contribution in [0.2, 0.25) is 0 Å². The molecule has 2 unspecified atom stereocenters. The Bertz CT molecular complexity index is 679. The molecule has 0 aliphatic carbocycles. The second-order valence-electron chi connectivity index (χ2n) is 5.68. The van der Waals surface area contributed by atoms with Crippen LogP contribution >= 0.6 is 0 Å². The van der Waals surface area contributed by atoms with E-state index in [1.165, 1.54) is 12.7 Å². The molecule has 23 heavy (non-hydrogen) atoms.